The Hall–Kier alpha value is -0.530. The Morgan fingerprint density at radius 1 is 0.818 bits per heavy atom. The Morgan fingerprint density at radius 2 is 1.36 bits per heavy atom. The van der Waals surface area contributed by atoms with Crippen molar-refractivity contribution in [3.8, 4) is 0 Å². The van der Waals surface area contributed by atoms with Crippen molar-refractivity contribution in [2.24, 2.45) is 5.92 Å². The van der Waals surface area contributed by atoms with E-state index in [-0.39, 0.29) is 5.97 Å². The van der Waals surface area contributed by atoms with Gasteiger partial charge in [0.2, 0.25) is 0 Å². The molecule has 0 radical (unpaired) electrons. The van der Waals surface area contributed by atoms with Crippen LogP contribution in [0.25, 0.3) is 0 Å². The standard InChI is InChI=1S/C20H38O2/c1-2-3-4-5-6-7-8-9-10-14-17-20(21)22-18-19-15-12-11-13-16-19/h19H,2-18H2,1H3. The number of rotatable bonds is 13. The van der Waals surface area contributed by atoms with Gasteiger partial charge in [0.05, 0.1) is 6.61 Å². The van der Waals surface area contributed by atoms with Gasteiger partial charge in [-0.1, -0.05) is 84.0 Å². The van der Waals surface area contributed by atoms with Crippen molar-refractivity contribution in [2.45, 2.75) is 110 Å². The number of hydrogen-bond acceptors (Lipinski definition) is 2. The molecule has 1 fully saturated rings. The molecule has 0 N–H and O–H groups in total. The topological polar surface area (TPSA) is 26.3 Å². The SMILES string of the molecule is CCCCCCCCCCCCC(=O)OCC1CCCCC1. The molecular formula is C20H38O2. The minimum Gasteiger partial charge on any atom is -0.465 e. The number of carbonyl (C=O) groups is 1. The first-order valence-corrected chi connectivity index (χ1v) is 9.98. The van der Waals surface area contributed by atoms with Crippen LogP contribution in [0, 0.1) is 5.92 Å². The average molecular weight is 311 g/mol. The van der Waals surface area contributed by atoms with Crippen molar-refractivity contribution >= 4 is 5.97 Å². The number of hydrogen-bond donors (Lipinski definition) is 0. The summed E-state index contributed by atoms with van der Waals surface area (Å²) in [7, 11) is 0. The highest BCUT2D eigenvalue weighted by Gasteiger charge is 2.15. The predicted octanol–water partition coefficient (Wildman–Crippen LogP) is 6.42. The lowest BCUT2D eigenvalue weighted by atomic mass is 9.90. The van der Waals surface area contributed by atoms with Crippen LogP contribution in [0.1, 0.15) is 110 Å². The van der Waals surface area contributed by atoms with Crippen LogP contribution < -0.4 is 0 Å². The molecule has 0 atom stereocenters. The van der Waals surface area contributed by atoms with E-state index >= 15 is 0 Å². The summed E-state index contributed by atoms with van der Waals surface area (Å²) in [5.41, 5.74) is 0. The first-order valence-electron chi connectivity index (χ1n) is 9.98. The van der Waals surface area contributed by atoms with Crippen LogP contribution in [0.2, 0.25) is 0 Å². The normalized spacial score (nSPS) is 15.9. The van der Waals surface area contributed by atoms with E-state index in [4.69, 9.17) is 4.74 Å². The lowest BCUT2D eigenvalue weighted by Crippen LogP contribution is -2.16. The van der Waals surface area contributed by atoms with Gasteiger partial charge in [0.25, 0.3) is 0 Å². The fourth-order valence-electron chi connectivity index (χ4n) is 3.39. The lowest BCUT2D eigenvalue weighted by Gasteiger charge is -2.20. The summed E-state index contributed by atoms with van der Waals surface area (Å²) in [5, 5.41) is 0. The van der Waals surface area contributed by atoms with E-state index in [1.807, 2.05) is 0 Å². The molecule has 2 nitrogen and oxygen atoms in total. The highest BCUT2D eigenvalue weighted by atomic mass is 16.5. The number of carbonyl (C=O) groups excluding carboxylic acids is 1. The second-order valence-corrected chi connectivity index (χ2v) is 7.12. The fraction of sp³-hybridized carbons (Fsp3) is 0.950. The Labute approximate surface area is 138 Å². The van der Waals surface area contributed by atoms with Crippen molar-refractivity contribution in [1.29, 1.82) is 0 Å². The summed E-state index contributed by atoms with van der Waals surface area (Å²) in [4.78, 5) is 11.7. The molecule has 130 valence electrons. The van der Waals surface area contributed by atoms with Crippen LogP contribution in [0.4, 0.5) is 0 Å². The molecule has 0 bridgehead atoms. The van der Waals surface area contributed by atoms with E-state index in [1.54, 1.807) is 0 Å². The van der Waals surface area contributed by atoms with Crippen molar-refractivity contribution < 1.29 is 9.53 Å². The maximum atomic E-state index is 11.7. The van der Waals surface area contributed by atoms with Gasteiger partial charge in [0.1, 0.15) is 0 Å². The largest absolute Gasteiger partial charge is 0.465 e. The van der Waals surface area contributed by atoms with Crippen LogP contribution in [0.3, 0.4) is 0 Å². The van der Waals surface area contributed by atoms with Crippen molar-refractivity contribution in [2.75, 3.05) is 6.61 Å². The fourth-order valence-corrected chi connectivity index (χ4v) is 3.39. The van der Waals surface area contributed by atoms with Gasteiger partial charge in [-0.25, -0.2) is 0 Å². The third kappa shape index (κ3) is 11.1. The van der Waals surface area contributed by atoms with Gasteiger partial charge in [-0.3, -0.25) is 4.79 Å². The molecule has 0 aromatic carbocycles. The van der Waals surface area contributed by atoms with Crippen molar-refractivity contribution in [3.63, 3.8) is 0 Å². The highest BCUT2D eigenvalue weighted by molar-refractivity contribution is 5.69. The molecule has 2 heteroatoms. The van der Waals surface area contributed by atoms with Crippen molar-refractivity contribution in [1.82, 2.24) is 0 Å². The monoisotopic (exact) mass is 310 g/mol. The molecule has 0 aromatic rings. The molecule has 1 aliphatic rings. The summed E-state index contributed by atoms with van der Waals surface area (Å²) in [6, 6.07) is 0. The van der Waals surface area contributed by atoms with Crippen LogP contribution in [0.5, 0.6) is 0 Å². The first kappa shape index (κ1) is 19.5. The minimum atomic E-state index is 0.0325. The summed E-state index contributed by atoms with van der Waals surface area (Å²) < 4.78 is 5.43. The Balaban J connectivity index is 1.80. The number of esters is 1. The van der Waals surface area contributed by atoms with Gasteiger partial charge in [-0.15, -0.1) is 0 Å². The van der Waals surface area contributed by atoms with Crippen LogP contribution >= 0.6 is 0 Å². The molecule has 1 aliphatic carbocycles. The zero-order valence-electron chi connectivity index (χ0n) is 14.9. The average Bonchev–Trinajstić information content (AvgIpc) is 2.55. The Kier molecular flexibility index (Phi) is 12.5. The quantitative estimate of drug-likeness (QED) is 0.290. The van der Waals surface area contributed by atoms with E-state index < -0.39 is 0 Å². The molecule has 0 amide bonds. The molecule has 0 heterocycles. The van der Waals surface area contributed by atoms with E-state index in [0.29, 0.717) is 18.9 Å². The molecular weight excluding hydrogens is 272 g/mol. The Bertz CT molecular complexity index is 256. The zero-order chi connectivity index (χ0) is 15.9. The van der Waals surface area contributed by atoms with Crippen LogP contribution in [-0.4, -0.2) is 12.6 Å². The van der Waals surface area contributed by atoms with E-state index in [9.17, 15) is 4.79 Å². The van der Waals surface area contributed by atoms with Crippen LogP contribution in [-0.2, 0) is 9.53 Å². The number of ether oxygens (including phenoxy) is 1. The lowest BCUT2D eigenvalue weighted by molar-refractivity contribution is -0.145. The molecule has 0 unspecified atom stereocenters. The summed E-state index contributed by atoms with van der Waals surface area (Å²) in [6.45, 7) is 2.94. The Morgan fingerprint density at radius 3 is 1.95 bits per heavy atom. The minimum absolute atomic E-state index is 0.0325. The molecule has 0 spiro atoms. The summed E-state index contributed by atoms with van der Waals surface area (Å²) >= 11 is 0. The highest BCUT2D eigenvalue weighted by Crippen LogP contribution is 2.23. The maximum absolute atomic E-state index is 11.7. The van der Waals surface area contributed by atoms with Gasteiger partial charge < -0.3 is 4.74 Å². The zero-order valence-corrected chi connectivity index (χ0v) is 14.9. The van der Waals surface area contributed by atoms with Gasteiger partial charge in [0, 0.05) is 6.42 Å². The third-order valence-electron chi connectivity index (χ3n) is 4.94. The molecule has 0 aromatic heterocycles. The van der Waals surface area contributed by atoms with Gasteiger partial charge >= 0.3 is 5.97 Å². The number of unbranched alkanes of at least 4 members (excludes halogenated alkanes) is 9. The second kappa shape index (κ2) is 14.1. The second-order valence-electron chi connectivity index (χ2n) is 7.12. The van der Waals surface area contributed by atoms with E-state index in [0.717, 1.165) is 6.42 Å². The van der Waals surface area contributed by atoms with Gasteiger partial charge in [0.15, 0.2) is 0 Å². The predicted molar refractivity (Wildman–Crippen MR) is 94.0 cm³/mol. The summed E-state index contributed by atoms with van der Waals surface area (Å²) in [6.07, 6.45) is 20.3. The molecule has 1 saturated carbocycles. The maximum Gasteiger partial charge on any atom is 0.305 e. The van der Waals surface area contributed by atoms with Gasteiger partial charge in [-0.2, -0.15) is 0 Å². The molecule has 22 heavy (non-hydrogen) atoms. The molecule has 0 aliphatic heterocycles. The van der Waals surface area contributed by atoms with E-state index in [2.05, 4.69) is 6.92 Å². The third-order valence-corrected chi connectivity index (χ3v) is 4.94. The summed E-state index contributed by atoms with van der Waals surface area (Å²) in [5.74, 6) is 0.676. The molecule has 0 saturated heterocycles. The smallest absolute Gasteiger partial charge is 0.305 e. The van der Waals surface area contributed by atoms with Gasteiger partial charge in [-0.05, 0) is 25.2 Å². The first-order chi connectivity index (χ1) is 10.8. The van der Waals surface area contributed by atoms with E-state index in [1.165, 1.54) is 89.9 Å². The van der Waals surface area contributed by atoms with Crippen LogP contribution in [0.15, 0.2) is 0 Å². The van der Waals surface area contributed by atoms with Crippen molar-refractivity contribution in [3.05, 3.63) is 0 Å². The molecule has 1 rings (SSSR count).